The summed E-state index contributed by atoms with van der Waals surface area (Å²) >= 11 is 0. The maximum atomic E-state index is 5.88. The first-order chi connectivity index (χ1) is 8.02. The van der Waals surface area contributed by atoms with E-state index in [2.05, 4.69) is 32.6 Å². The first-order valence-electron chi connectivity index (χ1n) is 7.45. The molecule has 2 unspecified atom stereocenters. The molecular formula is C15H32N2. The third-order valence-electron chi connectivity index (χ3n) is 3.86. The van der Waals surface area contributed by atoms with Gasteiger partial charge in [-0.2, -0.15) is 0 Å². The zero-order valence-corrected chi connectivity index (χ0v) is 12.3. The molecule has 0 saturated heterocycles. The van der Waals surface area contributed by atoms with Crippen LogP contribution in [0.3, 0.4) is 0 Å². The lowest BCUT2D eigenvalue weighted by atomic mass is 9.95. The average Bonchev–Trinajstić information content (AvgIpc) is 2.62. The Morgan fingerprint density at radius 3 is 2.00 bits per heavy atom. The van der Waals surface area contributed by atoms with Gasteiger partial charge >= 0.3 is 0 Å². The van der Waals surface area contributed by atoms with Gasteiger partial charge in [-0.1, -0.05) is 34.1 Å². The van der Waals surface area contributed by atoms with Crippen molar-refractivity contribution < 1.29 is 0 Å². The summed E-state index contributed by atoms with van der Waals surface area (Å²) in [6.45, 7) is 13.9. The van der Waals surface area contributed by atoms with Gasteiger partial charge in [-0.25, -0.2) is 0 Å². The molecule has 2 atom stereocenters. The van der Waals surface area contributed by atoms with Crippen LogP contribution in [0.5, 0.6) is 0 Å². The summed E-state index contributed by atoms with van der Waals surface area (Å²) in [6.07, 6.45) is 4.15. The van der Waals surface area contributed by atoms with Crippen LogP contribution in [-0.2, 0) is 0 Å². The zero-order chi connectivity index (χ0) is 12.8. The highest BCUT2D eigenvalue weighted by Crippen LogP contribution is 2.31. The van der Waals surface area contributed by atoms with Crippen LogP contribution in [0, 0.1) is 23.7 Å². The Morgan fingerprint density at radius 1 is 1.00 bits per heavy atom. The van der Waals surface area contributed by atoms with Gasteiger partial charge in [-0.3, -0.25) is 0 Å². The van der Waals surface area contributed by atoms with Gasteiger partial charge in [0.25, 0.3) is 0 Å². The Kier molecular flexibility index (Phi) is 6.50. The van der Waals surface area contributed by atoms with E-state index in [0.717, 1.165) is 30.2 Å². The van der Waals surface area contributed by atoms with E-state index in [-0.39, 0.29) is 0 Å². The number of nitrogens with zero attached hydrogens (tertiary/aromatic N) is 1. The van der Waals surface area contributed by atoms with Gasteiger partial charge in [0.05, 0.1) is 0 Å². The van der Waals surface area contributed by atoms with E-state index in [4.69, 9.17) is 5.73 Å². The van der Waals surface area contributed by atoms with Gasteiger partial charge in [0.2, 0.25) is 0 Å². The SMILES string of the molecule is CC(C)CN(CC(C)C)CC1CCCC1CN. The predicted octanol–water partition coefficient (Wildman–Crippen LogP) is 2.98. The van der Waals surface area contributed by atoms with Crippen LogP contribution >= 0.6 is 0 Å². The van der Waals surface area contributed by atoms with Crippen molar-refractivity contribution in [2.75, 3.05) is 26.2 Å². The van der Waals surface area contributed by atoms with Crippen LogP contribution in [0.1, 0.15) is 47.0 Å². The van der Waals surface area contributed by atoms with Crippen LogP contribution in [0.4, 0.5) is 0 Å². The first-order valence-corrected chi connectivity index (χ1v) is 7.45. The van der Waals surface area contributed by atoms with Crippen LogP contribution in [-0.4, -0.2) is 31.1 Å². The van der Waals surface area contributed by atoms with Gasteiger partial charge in [0, 0.05) is 19.6 Å². The quantitative estimate of drug-likeness (QED) is 0.741. The van der Waals surface area contributed by atoms with E-state index in [1.807, 2.05) is 0 Å². The summed E-state index contributed by atoms with van der Waals surface area (Å²) in [4.78, 5) is 2.67. The largest absolute Gasteiger partial charge is 0.330 e. The van der Waals surface area contributed by atoms with Crippen LogP contribution in [0.25, 0.3) is 0 Å². The molecule has 0 aromatic carbocycles. The Bertz CT molecular complexity index is 191. The molecule has 2 nitrogen and oxygen atoms in total. The molecule has 1 rings (SSSR count). The molecule has 1 aliphatic rings. The fraction of sp³-hybridized carbons (Fsp3) is 1.00. The van der Waals surface area contributed by atoms with Crippen molar-refractivity contribution in [3.05, 3.63) is 0 Å². The Hall–Kier alpha value is -0.0800. The van der Waals surface area contributed by atoms with Crippen molar-refractivity contribution in [3.63, 3.8) is 0 Å². The molecule has 2 N–H and O–H groups in total. The van der Waals surface area contributed by atoms with E-state index < -0.39 is 0 Å². The second kappa shape index (κ2) is 7.38. The summed E-state index contributed by atoms with van der Waals surface area (Å²) in [6, 6.07) is 0. The Morgan fingerprint density at radius 2 is 1.53 bits per heavy atom. The van der Waals surface area contributed by atoms with Crippen LogP contribution in [0.2, 0.25) is 0 Å². The summed E-state index contributed by atoms with van der Waals surface area (Å²) in [5.41, 5.74) is 5.88. The van der Waals surface area contributed by atoms with E-state index >= 15 is 0 Å². The Labute approximate surface area is 108 Å². The molecule has 0 aliphatic heterocycles. The average molecular weight is 240 g/mol. The number of rotatable bonds is 7. The molecule has 0 bridgehead atoms. The molecule has 0 heterocycles. The molecule has 1 fully saturated rings. The molecule has 0 aromatic heterocycles. The molecule has 0 radical (unpaired) electrons. The Balaban J connectivity index is 2.46. The van der Waals surface area contributed by atoms with Gasteiger partial charge < -0.3 is 10.6 Å². The minimum Gasteiger partial charge on any atom is -0.330 e. The highest BCUT2D eigenvalue weighted by atomic mass is 15.1. The third kappa shape index (κ3) is 5.39. The standard InChI is InChI=1S/C15H32N2/c1-12(2)9-17(10-13(3)4)11-15-7-5-6-14(15)8-16/h12-15H,5-11,16H2,1-4H3. The van der Waals surface area contributed by atoms with Crippen molar-refractivity contribution in [2.45, 2.75) is 47.0 Å². The van der Waals surface area contributed by atoms with Gasteiger partial charge in [-0.15, -0.1) is 0 Å². The maximum absolute atomic E-state index is 5.88. The molecule has 2 heteroatoms. The number of hydrogen-bond acceptors (Lipinski definition) is 2. The van der Waals surface area contributed by atoms with Crippen molar-refractivity contribution in [2.24, 2.45) is 29.4 Å². The van der Waals surface area contributed by atoms with Crippen LogP contribution in [0.15, 0.2) is 0 Å². The third-order valence-corrected chi connectivity index (χ3v) is 3.86. The lowest BCUT2D eigenvalue weighted by molar-refractivity contribution is 0.171. The highest BCUT2D eigenvalue weighted by Gasteiger charge is 2.27. The summed E-state index contributed by atoms with van der Waals surface area (Å²) in [5.74, 6) is 3.19. The predicted molar refractivity (Wildman–Crippen MR) is 76.0 cm³/mol. The van der Waals surface area contributed by atoms with E-state index in [1.165, 1.54) is 38.9 Å². The normalized spacial score (nSPS) is 25.4. The fourth-order valence-electron chi connectivity index (χ4n) is 3.25. The van der Waals surface area contributed by atoms with Crippen molar-refractivity contribution in [3.8, 4) is 0 Å². The van der Waals surface area contributed by atoms with Gasteiger partial charge in [0.15, 0.2) is 0 Å². The molecule has 0 spiro atoms. The summed E-state index contributed by atoms with van der Waals surface area (Å²) in [5, 5.41) is 0. The first kappa shape index (κ1) is 15.0. The topological polar surface area (TPSA) is 29.3 Å². The minimum atomic E-state index is 0.770. The molecule has 1 aliphatic carbocycles. The highest BCUT2D eigenvalue weighted by molar-refractivity contribution is 4.81. The van der Waals surface area contributed by atoms with Crippen LogP contribution < -0.4 is 5.73 Å². The van der Waals surface area contributed by atoms with Gasteiger partial charge in [-0.05, 0) is 43.1 Å². The van der Waals surface area contributed by atoms with Crippen molar-refractivity contribution in [1.29, 1.82) is 0 Å². The lowest BCUT2D eigenvalue weighted by Gasteiger charge is -2.30. The molecule has 0 amide bonds. The number of hydrogen-bond donors (Lipinski definition) is 1. The smallest absolute Gasteiger partial charge is 0.00130 e. The summed E-state index contributed by atoms with van der Waals surface area (Å²) < 4.78 is 0. The van der Waals surface area contributed by atoms with E-state index in [9.17, 15) is 0 Å². The van der Waals surface area contributed by atoms with Gasteiger partial charge in [0.1, 0.15) is 0 Å². The second-order valence-electron chi connectivity index (χ2n) is 6.69. The van der Waals surface area contributed by atoms with E-state index in [1.54, 1.807) is 0 Å². The lowest BCUT2D eigenvalue weighted by Crippen LogP contribution is -2.37. The second-order valence-corrected chi connectivity index (χ2v) is 6.69. The number of nitrogens with two attached hydrogens (primary N) is 1. The minimum absolute atomic E-state index is 0.770. The van der Waals surface area contributed by atoms with Crippen molar-refractivity contribution in [1.82, 2.24) is 4.90 Å². The monoisotopic (exact) mass is 240 g/mol. The molecular weight excluding hydrogens is 208 g/mol. The molecule has 17 heavy (non-hydrogen) atoms. The van der Waals surface area contributed by atoms with E-state index in [0.29, 0.717) is 0 Å². The zero-order valence-electron chi connectivity index (χ0n) is 12.3. The van der Waals surface area contributed by atoms with Crippen molar-refractivity contribution >= 4 is 0 Å². The molecule has 1 saturated carbocycles. The fourth-order valence-corrected chi connectivity index (χ4v) is 3.25. The maximum Gasteiger partial charge on any atom is 0.00130 e. The molecule has 0 aromatic rings. The molecule has 102 valence electrons. The summed E-state index contributed by atoms with van der Waals surface area (Å²) in [7, 11) is 0.